The Morgan fingerprint density at radius 3 is 2.53 bits per heavy atom. The molecule has 1 aromatic heterocycles. The number of aromatic hydroxyl groups is 1. The van der Waals surface area contributed by atoms with E-state index in [1.807, 2.05) is 6.07 Å². The minimum atomic E-state index is 0.215. The number of benzene rings is 2. The molecule has 0 fully saturated rings. The maximum absolute atomic E-state index is 9.90. The van der Waals surface area contributed by atoms with Gasteiger partial charge in [0, 0.05) is 0 Å². The molecule has 3 rings (SSSR count). The number of fused-ring (bicyclic) bond motifs is 1. The number of aromatic nitrogens is 3. The molecule has 0 aliphatic carbocycles. The Hall–Kier alpha value is -2.36. The number of hydrogen-bond donors (Lipinski definition) is 1. The van der Waals surface area contributed by atoms with E-state index in [0.717, 1.165) is 12.0 Å². The van der Waals surface area contributed by atoms with Gasteiger partial charge in [-0.05, 0) is 29.7 Å². The lowest BCUT2D eigenvalue weighted by Gasteiger charge is -2.05. The molecular formula is C15H15N3O. The Bertz CT molecular complexity index is 701. The van der Waals surface area contributed by atoms with Gasteiger partial charge in [0.15, 0.2) is 0 Å². The van der Waals surface area contributed by atoms with Gasteiger partial charge in [-0.1, -0.05) is 42.5 Å². The minimum Gasteiger partial charge on any atom is -0.506 e. The van der Waals surface area contributed by atoms with Crippen molar-refractivity contribution in [2.75, 3.05) is 0 Å². The largest absolute Gasteiger partial charge is 0.506 e. The molecule has 0 aliphatic heterocycles. The first kappa shape index (κ1) is 11.7. The second-order valence-corrected chi connectivity index (χ2v) is 4.56. The zero-order valence-corrected chi connectivity index (χ0v) is 10.7. The Morgan fingerprint density at radius 2 is 1.79 bits per heavy atom. The summed E-state index contributed by atoms with van der Waals surface area (Å²) in [6, 6.07) is 13.7. The number of phenolic OH excluding ortho intramolecular Hbond substituents is 1. The van der Waals surface area contributed by atoms with Crippen LogP contribution in [0, 0.1) is 0 Å². The highest BCUT2D eigenvalue weighted by atomic mass is 16.3. The second-order valence-electron chi connectivity index (χ2n) is 4.56. The fraction of sp³-hybridized carbons (Fsp3) is 0.200. The van der Waals surface area contributed by atoms with E-state index in [1.165, 1.54) is 5.56 Å². The molecule has 1 heterocycles. The third-order valence-corrected chi connectivity index (χ3v) is 3.28. The van der Waals surface area contributed by atoms with Crippen molar-refractivity contribution in [1.29, 1.82) is 0 Å². The fourth-order valence-electron chi connectivity index (χ4n) is 2.18. The van der Waals surface area contributed by atoms with Crippen LogP contribution in [-0.4, -0.2) is 20.1 Å². The van der Waals surface area contributed by atoms with Crippen LogP contribution in [0.1, 0.15) is 18.1 Å². The van der Waals surface area contributed by atoms with Gasteiger partial charge in [0.25, 0.3) is 0 Å². The highest BCUT2D eigenvalue weighted by Gasteiger charge is 2.08. The number of hydrogen-bond acceptors (Lipinski definition) is 3. The van der Waals surface area contributed by atoms with Crippen LogP contribution in [0.25, 0.3) is 11.0 Å². The summed E-state index contributed by atoms with van der Waals surface area (Å²) in [5.41, 5.74) is 3.86. The van der Waals surface area contributed by atoms with Gasteiger partial charge >= 0.3 is 0 Å². The number of phenols is 1. The zero-order chi connectivity index (χ0) is 13.2. The van der Waals surface area contributed by atoms with E-state index in [2.05, 4.69) is 41.5 Å². The van der Waals surface area contributed by atoms with Crippen molar-refractivity contribution in [3.63, 3.8) is 0 Å². The summed E-state index contributed by atoms with van der Waals surface area (Å²) in [7, 11) is 0. The molecule has 19 heavy (non-hydrogen) atoms. The summed E-state index contributed by atoms with van der Waals surface area (Å²) in [4.78, 5) is 0. The molecule has 0 aliphatic rings. The van der Waals surface area contributed by atoms with Crippen molar-refractivity contribution in [2.24, 2.45) is 0 Å². The molecule has 0 amide bonds. The second kappa shape index (κ2) is 4.72. The Labute approximate surface area is 111 Å². The first-order valence-electron chi connectivity index (χ1n) is 6.37. The predicted octanol–water partition coefficient (Wildman–Crippen LogP) is 2.75. The minimum absolute atomic E-state index is 0.215. The van der Waals surface area contributed by atoms with Crippen LogP contribution in [-0.2, 0) is 13.0 Å². The van der Waals surface area contributed by atoms with Crippen molar-refractivity contribution in [3.8, 4) is 5.75 Å². The molecule has 96 valence electrons. The number of aryl methyl sites for hydroxylation is 1. The monoisotopic (exact) mass is 253 g/mol. The fourth-order valence-corrected chi connectivity index (χ4v) is 2.18. The van der Waals surface area contributed by atoms with Crippen LogP contribution in [0.4, 0.5) is 0 Å². The van der Waals surface area contributed by atoms with Gasteiger partial charge in [-0.15, -0.1) is 5.10 Å². The molecule has 4 nitrogen and oxygen atoms in total. The van der Waals surface area contributed by atoms with Crippen LogP contribution in [0.2, 0.25) is 0 Å². The molecule has 0 radical (unpaired) electrons. The lowest BCUT2D eigenvalue weighted by molar-refractivity contribution is 0.476. The lowest BCUT2D eigenvalue weighted by Crippen LogP contribution is -2.02. The highest BCUT2D eigenvalue weighted by Crippen LogP contribution is 2.22. The van der Waals surface area contributed by atoms with Crippen molar-refractivity contribution in [1.82, 2.24) is 15.0 Å². The standard InChI is InChI=1S/C15H15N3O/c1-2-11-6-8-12(9-7-11)10-18-15-13(16-17-18)4-3-5-14(15)19/h3-9,19H,2,10H2,1H3. The van der Waals surface area contributed by atoms with Crippen molar-refractivity contribution in [2.45, 2.75) is 19.9 Å². The van der Waals surface area contributed by atoms with Crippen LogP contribution in [0.5, 0.6) is 5.75 Å². The summed E-state index contributed by atoms with van der Waals surface area (Å²) < 4.78 is 1.73. The normalized spacial score (nSPS) is 11.0. The molecule has 0 bridgehead atoms. The van der Waals surface area contributed by atoms with Crippen LogP contribution in [0.15, 0.2) is 42.5 Å². The first-order chi connectivity index (χ1) is 9.28. The van der Waals surface area contributed by atoms with Gasteiger partial charge in [-0.3, -0.25) is 0 Å². The quantitative estimate of drug-likeness (QED) is 0.780. The molecule has 0 saturated carbocycles. The van der Waals surface area contributed by atoms with Crippen molar-refractivity contribution >= 4 is 11.0 Å². The summed E-state index contributed by atoms with van der Waals surface area (Å²) in [5.74, 6) is 0.215. The molecule has 3 aromatic rings. The van der Waals surface area contributed by atoms with E-state index in [-0.39, 0.29) is 5.75 Å². The van der Waals surface area contributed by atoms with E-state index in [4.69, 9.17) is 0 Å². The summed E-state index contributed by atoms with van der Waals surface area (Å²) in [6.07, 6.45) is 1.04. The summed E-state index contributed by atoms with van der Waals surface area (Å²) >= 11 is 0. The van der Waals surface area contributed by atoms with E-state index in [1.54, 1.807) is 16.8 Å². The van der Waals surface area contributed by atoms with E-state index >= 15 is 0 Å². The zero-order valence-electron chi connectivity index (χ0n) is 10.7. The topological polar surface area (TPSA) is 50.9 Å². The average Bonchev–Trinajstić information content (AvgIpc) is 2.84. The molecule has 0 unspecified atom stereocenters. The molecule has 2 aromatic carbocycles. The van der Waals surface area contributed by atoms with E-state index in [9.17, 15) is 5.11 Å². The smallest absolute Gasteiger partial charge is 0.143 e. The molecule has 4 heteroatoms. The van der Waals surface area contributed by atoms with Crippen LogP contribution >= 0.6 is 0 Å². The van der Waals surface area contributed by atoms with Gasteiger partial charge in [0.1, 0.15) is 16.8 Å². The third kappa shape index (κ3) is 2.17. The Balaban J connectivity index is 1.96. The van der Waals surface area contributed by atoms with E-state index < -0.39 is 0 Å². The maximum atomic E-state index is 9.90. The van der Waals surface area contributed by atoms with Crippen molar-refractivity contribution < 1.29 is 5.11 Å². The third-order valence-electron chi connectivity index (χ3n) is 3.28. The summed E-state index contributed by atoms with van der Waals surface area (Å²) in [5, 5.41) is 18.1. The van der Waals surface area contributed by atoms with Crippen LogP contribution < -0.4 is 0 Å². The molecular weight excluding hydrogens is 238 g/mol. The number of nitrogens with zero attached hydrogens (tertiary/aromatic N) is 3. The van der Waals surface area contributed by atoms with Gasteiger partial charge in [0.05, 0.1) is 6.54 Å². The van der Waals surface area contributed by atoms with Crippen molar-refractivity contribution in [3.05, 3.63) is 53.6 Å². The molecule has 1 N–H and O–H groups in total. The summed E-state index contributed by atoms with van der Waals surface area (Å²) in [6.45, 7) is 2.75. The predicted molar refractivity (Wildman–Crippen MR) is 74.1 cm³/mol. The van der Waals surface area contributed by atoms with Crippen LogP contribution in [0.3, 0.4) is 0 Å². The maximum Gasteiger partial charge on any atom is 0.143 e. The molecule has 0 spiro atoms. The molecule has 0 saturated heterocycles. The van der Waals surface area contributed by atoms with Gasteiger partial charge in [-0.25, -0.2) is 4.68 Å². The van der Waals surface area contributed by atoms with Gasteiger partial charge in [-0.2, -0.15) is 0 Å². The Kier molecular flexibility index (Phi) is 2.91. The highest BCUT2D eigenvalue weighted by molar-refractivity contribution is 5.80. The van der Waals surface area contributed by atoms with Gasteiger partial charge < -0.3 is 5.11 Å². The SMILES string of the molecule is CCc1ccc(Cn2nnc3cccc(O)c32)cc1. The number of rotatable bonds is 3. The molecule has 0 atom stereocenters. The lowest BCUT2D eigenvalue weighted by atomic mass is 10.1. The Morgan fingerprint density at radius 1 is 1.05 bits per heavy atom. The van der Waals surface area contributed by atoms with Gasteiger partial charge in [0.2, 0.25) is 0 Å². The average molecular weight is 253 g/mol. The first-order valence-corrected chi connectivity index (χ1v) is 6.37. The number of para-hydroxylation sites is 1. The van der Waals surface area contributed by atoms with E-state index in [0.29, 0.717) is 17.6 Å².